The Balaban J connectivity index is 2.51. The van der Waals surface area contributed by atoms with E-state index >= 15 is 0 Å². The minimum absolute atomic E-state index is 0.157. The highest BCUT2D eigenvalue weighted by Crippen LogP contribution is 2.06. The van der Waals surface area contributed by atoms with Crippen LogP contribution in [0.25, 0.3) is 0 Å². The Labute approximate surface area is 115 Å². The second-order valence-corrected chi connectivity index (χ2v) is 4.75. The van der Waals surface area contributed by atoms with E-state index in [1.54, 1.807) is 6.92 Å². The smallest absolute Gasteiger partial charge is 0.330 e. The zero-order chi connectivity index (χ0) is 14.1. The van der Waals surface area contributed by atoms with Gasteiger partial charge in [-0.25, -0.2) is 4.79 Å². The molecular formula is C16H23NO2. The van der Waals surface area contributed by atoms with Crippen molar-refractivity contribution in [1.29, 1.82) is 0 Å². The molecule has 0 radical (unpaired) electrons. The summed E-state index contributed by atoms with van der Waals surface area (Å²) < 4.78 is 4.88. The summed E-state index contributed by atoms with van der Waals surface area (Å²) in [5, 5.41) is 3.44. The van der Waals surface area contributed by atoms with Crippen molar-refractivity contribution in [3.05, 3.63) is 48.0 Å². The van der Waals surface area contributed by atoms with E-state index in [9.17, 15) is 4.79 Å². The van der Waals surface area contributed by atoms with Gasteiger partial charge in [0.25, 0.3) is 0 Å². The van der Waals surface area contributed by atoms with Gasteiger partial charge in [-0.1, -0.05) is 50.3 Å². The number of carbonyl (C=O) groups excluding carboxylic acids is 1. The number of benzene rings is 1. The van der Waals surface area contributed by atoms with Gasteiger partial charge in [-0.3, -0.25) is 0 Å². The molecule has 0 aliphatic heterocycles. The molecule has 1 aromatic carbocycles. The molecular weight excluding hydrogens is 238 g/mol. The van der Waals surface area contributed by atoms with Gasteiger partial charge in [-0.2, -0.15) is 0 Å². The third-order valence-electron chi connectivity index (χ3n) is 2.83. The average molecular weight is 261 g/mol. The largest absolute Gasteiger partial charge is 0.463 e. The summed E-state index contributed by atoms with van der Waals surface area (Å²) in [5.74, 6) is 0.129. The predicted octanol–water partition coefficient (Wildman–Crippen LogP) is 2.92. The molecule has 0 amide bonds. The molecule has 1 rings (SSSR count). The highest BCUT2D eigenvalue weighted by molar-refractivity contribution is 5.81. The predicted molar refractivity (Wildman–Crippen MR) is 77.7 cm³/mol. The first-order valence-electron chi connectivity index (χ1n) is 6.75. The van der Waals surface area contributed by atoms with Crippen LogP contribution in [0.3, 0.4) is 0 Å². The van der Waals surface area contributed by atoms with E-state index < -0.39 is 0 Å². The van der Waals surface area contributed by atoms with Gasteiger partial charge < -0.3 is 10.1 Å². The molecule has 1 aromatic rings. The van der Waals surface area contributed by atoms with Gasteiger partial charge in [0.05, 0.1) is 6.61 Å². The molecule has 104 valence electrons. The molecule has 0 aromatic heterocycles. The van der Waals surface area contributed by atoms with Crippen molar-refractivity contribution >= 4 is 5.97 Å². The third kappa shape index (κ3) is 6.20. The first-order valence-corrected chi connectivity index (χ1v) is 6.75. The normalized spacial score (nSPS) is 12.8. The van der Waals surface area contributed by atoms with Crippen molar-refractivity contribution in [2.75, 3.05) is 6.61 Å². The van der Waals surface area contributed by atoms with Crippen LogP contribution in [0, 0.1) is 5.92 Å². The van der Waals surface area contributed by atoms with Crippen LogP contribution in [0.2, 0.25) is 0 Å². The van der Waals surface area contributed by atoms with Crippen LogP contribution in [-0.2, 0) is 16.1 Å². The van der Waals surface area contributed by atoms with Crippen LogP contribution < -0.4 is 5.32 Å². The molecule has 0 heterocycles. The fourth-order valence-corrected chi connectivity index (χ4v) is 1.73. The van der Waals surface area contributed by atoms with E-state index in [1.165, 1.54) is 11.6 Å². The first kappa shape index (κ1) is 15.4. The summed E-state index contributed by atoms with van der Waals surface area (Å²) in [6.07, 6.45) is 3.39. The van der Waals surface area contributed by atoms with E-state index in [0.717, 1.165) is 6.54 Å². The summed E-state index contributed by atoms with van der Waals surface area (Å²) in [4.78, 5) is 11.3. The number of nitrogens with one attached hydrogen (secondary N) is 1. The average Bonchev–Trinajstić information content (AvgIpc) is 2.39. The molecule has 0 aliphatic rings. The molecule has 0 aliphatic carbocycles. The zero-order valence-electron chi connectivity index (χ0n) is 11.9. The van der Waals surface area contributed by atoms with Gasteiger partial charge in [0, 0.05) is 18.7 Å². The minimum Gasteiger partial charge on any atom is -0.463 e. The number of hydrogen-bond donors (Lipinski definition) is 1. The van der Waals surface area contributed by atoms with Crippen LogP contribution >= 0.6 is 0 Å². The fraction of sp³-hybridized carbons (Fsp3) is 0.438. The van der Waals surface area contributed by atoms with Crippen LogP contribution in [0.4, 0.5) is 0 Å². The van der Waals surface area contributed by atoms with Gasteiger partial charge >= 0.3 is 5.97 Å². The molecule has 0 fully saturated rings. The molecule has 0 bridgehead atoms. The summed E-state index contributed by atoms with van der Waals surface area (Å²) in [6.45, 7) is 7.25. The van der Waals surface area contributed by atoms with Crippen molar-refractivity contribution in [2.45, 2.75) is 33.4 Å². The summed E-state index contributed by atoms with van der Waals surface area (Å²) >= 11 is 0. The van der Waals surface area contributed by atoms with Gasteiger partial charge in [-0.05, 0) is 18.4 Å². The monoisotopic (exact) mass is 261 g/mol. The highest BCUT2D eigenvalue weighted by Gasteiger charge is 2.09. The number of carbonyl (C=O) groups is 1. The van der Waals surface area contributed by atoms with E-state index in [-0.39, 0.29) is 12.0 Å². The summed E-state index contributed by atoms with van der Waals surface area (Å²) in [6, 6.07) is 10.4. The minimum atomic E-state index is -0.283. The lowest BCUT2D eigenvalue weighted by molar-refractivity contribution is -0.137. The Kier molecular flexibility index (Phi) is 6.90. The maximum Gasteiger partial charge on any atom is 0.330 e. The number of rotatable bonds is 7. The lowest BCUT2D eigenvalue weighted by Gasteiger charge is -2.18. The van der Waals surface area contributed by atoms with Crippen molar-refractivity contribution in [3.8, 4) is 0 Å². The van der Waals surface area contributed by atoms with E-state index in [0.29, 0.717) is 12.5 Å². The fourth-order valence-electron chi connectivity index (χ4n) is 1.73. The Bertz CT molecular complexity index is 398. The highest BCUT2D eigenvalue weighted by atomic mass is 16.5. The van der Waals surface area contributed by atoms with Crippen LogP contribution in [0.5, 0.6) is 0 Å². The van der Waals surface area contributed by atoms with E-state index in [1.807, 2.05) is 24.3 Å². The first-order chi connectivity index (χ1) is 9.13. The molecule has 0 saturated carbocycles. The molecule has 0 saturated heterocycles. The SMILES string of the molecule is CCOC(=O)/C=C/[C@@H](NCc1ccccc1)C(C)C. The number of esters is 1. The second-order valence-electron chi connectivity index (χ2n) is 4.75. The van der Waals surface area contributed by atoms with Crippen LogP contribution in [-0.4, -0.2) is 18.6 Å². The summed E-state index contributed by atoms with van der Waals surface area (Å²) in [7, 11) is 0. The zero-order valence-corrected chi connectivity index (χ0v) is 11.9. The number of hydrogen-bond acceptors (Lipinski definition) is 3. The van der Waals surface area contributed by atoms with Gasteiger partial charge in [0.15, 0.2) is 0 Å². The lowest BCUT2D eigenvalue weighted by Crippen LogP contribution is -2.31. The Morgan fingerprint density at radius 1 is 1.32 bits per heavy atom. The topological polar surface area (TPSA) is 38.3 Å². The second kappa shape index (κ2) is 8.48. The summed E-state index contributed by atoms with van der Waals surface area (Å²) in [5.41, 5.74) is 1.23. The van der Waals surface area contributed by atoms with Gasteiger partial charge in [0.2, 0.25) is 0 Å². The molecule has 19 heavy (non-hydrogen) atoms. The molecule has 1 N–H and O–H groups in total. The quantitative estimate of drug-likeness (QED) is 0.606. The Hall–Kier alpha value is -1.61. The molecule has 1 atom stereocenters. The Morgan fingerprint density at radius 3 is 2.58 bits per heavy atom. The molecule has 0 spiro atoms. The standard InChI is InChI=1S/C16H23NO2/c1-4-19-16(18)11-10-15(13(2)3)17-12-14-8-6-5-7-9-14/h5-11,13,15,17H,4,12H2,1-3H3/b11-10+/t15-/m1/s1. The van der Waals surface area contributed by atoms with Crippen molar-refractivity contribution in [3.63, 3.8) is 0 Å². The van der Waals surface area contributed by atoms with Gasteiger partial charge in [-0.15, -0.1) is 0 Å². The van der Waals surface area contributed by atoms with Crippen LogP contribution in [0.1, 0.15) is 26.3 Å². The third-order valence-corrected chi connectivity index (χ3v) is 2.83. The van der Waals surface area contributed by atoms with E-state index in [4.69, 9.17) is 4.74 Å². The van der Waals surface area contributed by atoms with Crippen LogP contribution in [0.15, 0.2) is 42.5 Å². The Morgan fingerprint density at radius 2 is 2.00 bits per heavy atom. The molecule has 0 unspecified atom stereocenters. The lowest BCUT2D eigenvalue weighted by atomic mass is 10.0. The van der Waals surface area contributed by atoms with E-state index in [2.05, 4.69) is 31.3 Å². The maximum atomic E-state index is 11.3. The van der Waals surface area contributed by atoms with Crippen molar-refractivity contribution in [1.82, 2.24) is 5.32 Å². The number of ether oxygens (including phenoxy) is 1. The molecule has 3 heteroatoms. The van der Waals surface area contributed by atoms with Crippen molar-refractivity contribution < 1.29 is 9.53 Å². The van der Waals surface area contributed by atoms with Gasteiger partial charge in [0.1, 0.15) is 0 Å². The van der Waals surface area contributed by atoms with Crippen molar-refractivity contribution in [2.24, 2.45) is 5.92 Å². The maximum absolute atomic E-state index is 11.3. The molecule has 3 nitrogen and oxygen atoms in total.